The highest BCUT2D eigenvalue weighted by molar-refractivity contribution is 6.31. The average molecular weight is 327 g/mol. The van der Waals surface area contributed by atoms with Crippen LogP contribution in [-0.2, 0) is 9.53 Å². The van der Waals surface area contributed by atoms with Crippen molar-refractivity contribution in [2.75, 3.05) is 51.4 Å². The Bertz CT molecular complexity index is 504. The number of morpholine rings is 1. The fourth-order valence-electron chi connectivity index (χ4n) is 2.51. The van der Waals surface area contributed by atoms with Crippen molar-refractivity contribution in [3.63, 3.8) is 0 Å². The van der Waals surface area contributed by atoms with E-state index < -0.39 is 0 Å². The van der Waals surface area contributed by atoms with Crippen LogP contribution in [0.15, 0.2) is 18.2 Å². The molecular formula is C16H23ClN2O3. The third kappa shape index (κ3) is 4.35. The fourth-order valence-corrected chi connectivity index (χ4v) is 2.68. The lowest BCUT2D eigenvalue weighted by molar-refractivity contribution is -0.118. The number of benzene rings is 1. The third-order valence-corrected chi connectivity index (χ3v) is 4.01. The second kappa shape index (κ2) is 8.36. The number of halogens is 1. The van der Waals surface area contributed by atoms with Gasteiger partial charge in [-0.2, -0.15) is 0 Å². The topological polar surface area (TPSA) is 42.0 Å². The summed E-state index contributed by atoms with van der Waals surface area (Å²) < 4.78 is 10.7. The summed E-state index contributed by atoms with van der Waals surface area (Å²) >= 11 is 6.09. The predicted octanol–water partition coefficient (Wildman–Crippen LogP) is 2.42. The van der Waals surface area contributed by atoms with E-state index in [4.69, 9.17) is 21.1 Å². The van der Waals surface area contributed by atoms with Crippen molar-refractivity contribution < 1.29 is 14.3 Å². The molecule has 1 saturated heterocycles. The second-order valence-corrected chi connectivity index (χ2v) is 5.61. The molecule has 0 bridgehead atoms. The molecule has 1 aromatic carbocycles. The van der Waals surface area contributed by atoms with Crippen molar-refractivity contribution in [3.8, 4) is 5.75 Å². The lowest BCUT2D eigenvalue weighted by atomic mass is 10.2. The van der Waals surface area contributed by atoms with Crippen molar-refractivity contribution >= 4 is 23.2 Å². The monoisotopic (exact) mass is 326 g/mol. The van der Waals surface area contributed by atoms with Crippen LogP contribution < -0.4 is 9.64 Å². The number of carbonyl (C=O) groups excluding carboxylic acids is 1. The molecule has 0 aromatic heterocycles. The lowest BCUT2D eigenvalue weighted by Crippen LogP contribution is -2.43. The molecule has 1 aliphatic heterocycles. The van der Waals surface area contributed by atoms with Crippen molar-refractivity contribution in [3.05, 3.63) is 23.2 Å². The maximum Gasteiger partial charge on any atom is 0.226 e. The zero-order valence-corrected chi connectivity index (χ0v) is 13.9. The van der Waals surface area contributed by atoms with Gasteiger partial charge in [-0.15, -0.1) is 0 Å². The second-order valence-electron chi connectivity index (χ2n) is 5.17. The van der Waals surface area contributed by atoms with Gasteiger partial charge in [-0.05, 0) is 18.2 Å². The summed E-state index contributed by atoms with van der Waals surface area (Å²) in [7, 11) is 1.60. The minimum Gasteiger partial charge on any atom is -0.495 e. The Hall–Kier alpha value is -1.30. The van der Waals surface area contributed by atoms with E-state index in [1.807, 2.05) is 6.92 Å². The number of carbonyl (C=O) groups is 1. The van der Waals surface area contributed by atoms with Crippen molar-refractivity contribution in [2.24, 2.45) is 0 Å². The summed E-state index contributed by atoms with van der Waals surface area (Å²) in [5, 5.41) is 0.594. The molecule has 0 N–H and O–H groups in total. The first-order valence-corrected chi connectivity index (χ1v) is 7.97. The quantitative estimate of drug-likeness (QED) is 0.805. The van der Waals surface area contributed by atoms with Crippen LogP contribution in [0.25, 0.3) is 0 Å². The highest BCUT2D eigenvalue weighted by atomic mass is 35.5. The maximum absolute atomic E-state index is 12.3. The standard InChI is InChI=1S/C16H23ClN2O3/c1-3-16(20)19(7-6-18-8-10-22-11-9-18)14-12-13(17)4-5-15(14)21-2/h4-5,12H,3,6-11H2,1-2H3. The largest absolute Gasteiger partial charge is 0.495 e. The minimum atomic E-state index is 0.0637. The maximum atomic E-state index is 12.3. The summed E-state index contributed by atoms with van der Waals surface area (Å²) in [6.07, 6.45) is 0.443. The van der Waals surface area contributed by atoms with Gasteiger partial charge >= 0.3 is 0 Å². The Kier molecular flexibility index (Phi) is 6.49. The Morgan fingerprint density at radius 2 is 2.14 bits per heavy atom. The average Bonchev–Trinajstić information content (AvgIpc) is 2.56. The van der Waals surface area contributed by atoms with E-state index in [1.54, 1.807) is 30.2 Å². The number of rotatable bonds is 6. The van der Waals surface area contributed by atoms with Crippen LogP contribution in [0.3, 0.4) is 0 Å². The SMILES string of the molecule is CCC(=O)N(CCN1CCOCC1)c1cc(Cl)ccc1OC. The predicted molar refractivity (Wildman–Crippen MR) is 87.9 cm³/mol. The van der Waals surface area contributed by atoms with E-state index in [0.29, 0.717) is 23.7 Å². The van der Waals surface area contributed by atoms with Gasteiger partial charge in [0.2, 0.25) is 5.91 Å². The lowest BCUT2D eigenvalue weighted by Gasteiger charge is -2.30. The van der Waals surface area contributed by atoms with Gasteiger partial charge in [-0.25, -0.2) is 0 Å². The number of anilines is 1. The van der Waals surface area contributed by atoms with Gasteiger partial charge in [-0.1, -0.05) is 18.5 Å². The summed E-state index contributed by atoms with van der Waals surface area (Å²) in [5.41, 5.74) is 0.732. The van der Waals surface area contributed by atoms with Crippen LogP contribution in [0.4, 0.5) is 5.69 Å². The van der Waals surface area contributed by atoms with Crippen LogP contribution in [0.2, 0.25) is 5.02 Å². The summed E-state index contributed by atoms with van der Waals surface area (Å²) in [5.74, 6) is 0.724. The van der Waals surface area contributed by atoms with Crippen LogP contribution >= 0.6 is 11.6 Å². The third-order valence-electron chi connectivity index (χ3n) is 3.78. The normalized spacial score (nSPS) is 15.6. The Morgan fingerprint density at radius 1 is 1.41 bits per heavy atom. The summed E-state index contributed by atoms with van der Waals surface area (Å²) in [6, 6.07) is 5.34. The molecule has 0 radical (unpaired) electrons. The fraction of sp³-hybridized carbons (Fsp3) is 0.562. The molecule has 0 atom stereocenters. The zero-order chi connectivity index (χ0) is 15.9. The molecule has 122 valence electrons. The molecule has 1 heterocycles. The number of hydrogen-bond acceptors (Lipinski definition) is 4. The van der Waals surface area contributed by atoms with E-state index in [1.165, 1.54) is 0 Å². The zero-order valence-electron chi connectivity index (χ0n) is 13.2. The highest BCUT2D eigenvalue weighted by Crippen LogP contribution is 2.31. The van der Waals surface area contributed by atoms with E-state index >= 15 is 0 Å². The molecule has 1 amide bonds. The Morgan fingerprint density at radius 3 is 2.77 bits per heavy atom. The van der Waals surface area contributed by atoms with Crippen molar-refractivity contribution in [1.29, 1.82) is 0 Å². The molecule has 0 unspecified atom stereocenters. The smallest absolute Gasteiger partial charge is 0.226 e. The number of ether oxygens (including phenoxy) is 2. The summed E-state index contributed by atoms with van der Waals surface area (Å²) in [4.78, 5) is 16.4. The van der Waals surface area contributed by atoms with Gasteiger partial charge in [0.25, 0.3) is 0 Å². The highest BCUT2D eigenvalue weighted by Gasteiger charge is 2.20. The van der Waals surface area contributed by atoms with Gasteiger partial charge in [0.05, 0.1) is 26.0 Å². The van der Waals surface area contributed by atoms with Crippen LogP contribution in [0.1, 0.15) is 13.3 Å². The van der Waals surface area contributed by atoms with E-state index in [-0.39, 0.29) is 5.91 Å². The number of hydrogen-bond donors (Lipinski definition) is 0. The number of amides is 1. The van der Waals surface area contributed by atoms with Crippen LogP contribution in [-0.4, -0.2) is 57.3 Å². The summed E-state index contributed by atoms with van der Waals surface area (Å²) in [6.45, 7) is 6.60. The molecule has 6 heteroatoms. The van der Waals surface area contributed by atoms with Gasteiger partial charge in [0.1, 0.15) is 5.75 Å². The van der Waals surface area contributed by atoms with Crippen molar-refractivity contribution in [1.82, 2.24) is 4.90 Å². The van der Waals surface area contributed by atoms with Gasteiger partial charge in [0, 0.05) is 37.6 Å². The van der Waals surface area contributed by atoms with Gasteiger partial charge in [0.15, 0.2) is 0 Å². The molecule has 0 spiro atoms. The minimum absolute atomic E-state index is 0.0637. The molecule has 0 saturated carbocycles. The molecular weight excluding hydrogens is 304 g/mol. The molecule has 2 rings (SSSR count). The molecule has 0 aliphatic carbocycles. The van der Waals surface area contributed by atoms with E-state index in [0.717, 1.165) is 38.5 Å². The molecule has 1 aliphatic rings. The molecule has 1 fully saturated rings. The molecule has 5 nitrogen and oxygen atoms in total. The first-order chi connectivity index (χ1) is 10.7. The number of nitrogens with zero attached hydrogens (tertiary/aromatic N) is 2. The van der Waals surface area contributed by atoms with Gasteiger partial charge in [-0.3, -0.25) is 9.69 Å². The number of methoxy groups -OCH3 is 1. The van der Waals surface area contributed by atoms with Crippen molar-refractivity contribution in [2.45, 2.75) is 13.3 Å². The van der Waals surface area contributed by atoms with E-state index in [9.17, 15) is 4.79 Å². The van der Waals surface area contributed by atoms with Crippen LogP contribution in [0, 0.1) is 0 Å². The first-order valence-electron chi connectivity index (χ1n) is 7.59. The Balaban J connectivity index is 2.15. The Labute approximate surface area is 136 Å². The molecule has 1 aromatic rings. The van der Waals surface area contributed by atoms with E-state index in [2.05, 4.69) is 4.90 Å². The van der Waals surface area contributed by atoms with Gasteiger partial charge < -0.3 is 14.4 Å². The molecule has 22 heavy (non-hydrogen) atoms. The van der Waals surface area contributed by atoms with Crippen LogP contribution in [0.5, 0.6) is 5.75 Å². The first kappa shape index (κ1) is 17.1.